The molecular weight excluding hydrogens is 417 g/mol. The molecule has 0 atom stereocenters. The zero-order valence-corrected chi connectivity index (χ0v) is 17.5. The highest BCUT2D eigenvalue weighted by Crippen LogP contribution is 2.30. The molecule has 0 aliphatic heterocycles. The van der Waals surface area contributed by atoms with Crippen molar-refractivity contribution in [1.82, 2.24) is 10.4 Å². The van der Waals surface area contributed by atoms with Gasteiger partial charge in [0, 0.05) is 16.0 Å². The van der Waals surface area contributed by atoms with Gasteiger partial charge in [0.25, 0.3) is 0 Å². The molecule has 1 aromatic heterocycles. The zero-order valence-electron chi connectivity index (χ0n) is 15.2. The SMILES string of the molecule is COc1ccc2nc(C)cc(SCC(=O)N/N=C\c3ccc(Cl)c(Cl)c3)c2c1. The maximum absolute atomic E-state index is 12.1. The van der Waals surface area contributed by atoms with Gasteiger partial charge in [0.05, 0.1) is 34.6 Å². The third-order valence-corrected chi connectivity index (χ3v) is 5.61. The molecule has 0 unspecified atom stereocenters. The molecule has 2 aromatic carbocycles. The number of aromatic nitrogens is 1. The quantitative estimate of drug-likeness (QED) is 0.333. The minimum Gasteiger partial charge on any atom is -0.497 e. The fourth-order valence-corrected chi connectivity index (χ4v) is 3.72. The minimum atomic E-state index is -0.216. The third kappa shape index (κ3) is 5.16. The van der Waals surface area contributed by atoms with Crippen molar-refractivity contribution < 1.29 is 9.53 Å². The molecule has 0 spiro atoms. The van der Waals surface area contributed by atoms with Crippen molar-refractivity contribution >= 4 is 58.0 Å². The number of halogens is 2. The second-order valence-electron chi connectivity index (χ2n) is 5.90. The topological polar surface area (TPSA) is 63.6 Å². The Balaban J connectivity index is 1.65. The molecule has 144 valence electrons. The van der Waals surface area contributed by atoms with E-state index in [1.165, 1.54) is 18.0 Å². The van der Waals surface area contributed by atoms with Gasteiger partial charge in [-0.05, 0) is 48.9 Å². The van der Waals surface area contributed by atoms with E-state index in [-0.39, 0.29) is 11.7 Å². The van der Waals surface area contributed by atoms with Crippen molar-refractivity contribution in [2.75, 3.05) is 12.9 Å². The predicted molar refractivity (Wildman–Crippen MR) is 116 cm³/mol. The predicted octanol–water partition coefficient (Wildman–Crippen LogP) is 5.10. The van der Waals surface area contributed by atoms with Crippen molar-refractivity contribution in [2.45, 2.75) is 11.8 Å². The number of pyridine rings is 1. The van der Waals surface area contributed by atoms with Crippen molar-refractivity contribution in [1.29, 1.82) is 0 Å². The van der Waals surface area contributed by atoms with Crippen LogP contribution in [0.2, 0.25) is 10.0 Å². The summed E-state index contributed by atoms with van der Waals surface area (Å²) in [5.41, 5.74) is 5.00. The summed E-state index contributed by atoms with van der Waals surface area (Å²) < 4.78 is 5.29. The summed E-state index contributed by atoms with van der Waals surface area (Å²) >= 11 is 13.3. The van der Waals surface area contributed by atoms with E-state index < -0.39 is 0 Å². The maximum atomic E-state index is 12.1. The third-order valence-electron chi connectivity index (χ3n) is 3.81. The average Bonchev–Trinajstić information content (AvgIpc) is 2.68. The molecular formula is C20H17Cl2N3O2S. The van der Waals surface area contributed by atoms with E-state index in [1.54, 1.807) is 25.3 Å². The number of nitrogens with one attached hydrogen (secondary N) is 1. The largest absolute Gasteiger partial charge is 0.497 e. The first kappa shape index (κ1) is 20.5. The molecule has 0 aliphatic carbocycles. The fourth-order valence-electron chi connectivity index (χ4n) is 2.49. The molecule has 28 heavy (non-hydrogen) atoms. The van der Waals surface area contributed by atoms with Gasteiger partial charge in [-0.25, -0.2) is 5.43 Å². The van der Waals surface area contributed by atoms with Crippen LogP contribution in [0.1, 0.15) is 11.3 Å². The van der Waals surface area contributed by atoms with E-state index in [1.807, 2.05) is 31.2 Å². The molecule has 0 saturated carbocycles. The van der Waals surface area contributed by atoms with Gasteiger partial charge in [-0.1, -0.05) is 29.3 Å². The van der Waals surface area contributed by atoms with Crippen LogP contribution in [0.25, 0.3) is 10.9 Å². The number of hydrazone groups is 1. The van der Waals surface area contributed by atoms with E-state index in [9.17, 15) is 4.79 Å². The molecule has 5 nitrogen and oxygen atoms in total. The molecule has 1 N–H and O–H groups in total. The Morgan fingerprint density at radius 2 is 2.04 bits per heavy atom. The number of benzene rings is 2. The van der Waals surface area contributed by atoms with E-state index in [0.29, 0.717) is 10.0 Å². The molecule has 0 fully saturated rings. The number of ether oxygens (including phenoxy) is 1. The number of rotatable bonds is 6. The molecule has 0 saturated heterocycles. The van der Waals surface area contributed by atoms with Crippen molar-refractivity contribution in [2.24, 2.45) is 5.10 Å². The lowest BCUT2D eigenvalue weighted by Gasteiger charge is -2.09. The van der Waals surface area contributed by atoms with Crippen LogP contribution < -0.4 is 10.2 Å². The van der Waals surface area contributed by atoms with Gasteiger partial charge < -0.3 is 4.74 Å². The average molecular weight is 434 g/mol. The van der Waals surface area contributed by atoms with E-state index in [4.69, 9.17) is 27.9 Å². The molecule has 1 amide bonds. The molecule has 0 aliphatic rings. The Hall–Kier alpha value is -2.28. The summed E-state index contributed by atoms with van der Waals surface area (Å²) in [5, 5.41) is 5.81. The summed E-state index contributed by atoms with van der Waals surface area (Å²) in [4.78, 5) is 17.6. The number of aryl methyl sites for hydroxylation is 1. The standard InChI is InChI=1S/C20H17Cl2N3O2S/c1-12-7-19(15-9-14(27-2)4-6-18(15)24-12)28-11-20(26)25-23-10-13-3-5-16(21)17(22)8-13/h3-10H,11H2,1-2H3,(H,25,26)/b23-10-. The second kappa shape index (κ2) is 9.28. The Kier molecular flexibility index (Phi) is 6.78. The number of amides is 1. The molecule has 8 heteroatoms. The van der Waals surface area contributed by atoms with Crippen molar-refractivity contribution in [3.8, 4) is 5.75 Å². The number of carbonyl (C=O) groups is 1. The Bertz CT molecular complexity index is 1060. The molecule has 3 rings (SSSR count). The summed E-state index contributed by atoms with van der Waals surface area (Å²) in [6, 6.07) is 12.8. The van der Waals surface area contributed by atoms with Crippen LogP contribution in [-0.2, 0) is 4.79 Å². The first-order valence-corrected chi connectivity index (χ1v) is 10.1. The lowest BCUT2D eigenvalue weighted by Crippen LogP contribution is -2.19. The lowest BCUT2D eigenvalue weighted by molar-refractivity contribution is -0.118. The molecule has 0 radical (unpaired) electrons. The van der Waals surface area contributed by atoms with Gasteiger partial charge in [0.2, 0.25) is 5.91 Å². The van der Waals surface area contributed by atoms with Gasteiger partial charge in [-0.2, -0.15) is 5.10 Å². The van der Waals surface area contributed by atoms with Gasteiger partial charge in [0.15, 0.2) is 0 Å². The highest BCUT2D eigenvalue weighted by Gasteiger charge is 2.09. The van der Waals surface area contributed by atoms with E-state index >= 15 is 0 Å². The summed E-state index contributed by atoms with van der Waals surface area (Å²) in [6.45, 7) is 1.93. The highest BCUT2D eigenvalue weighted by atomic mass is 35.5. The Labute approximate surface area is 177 Å². The maximum Gasteiger partial charge on any atom is 0.250 e. The number of fused-ring (bicyclic) bond motifs is 1. The molecule has 1 heterocycles. The summed E-state index contributed by atoms with van der Waals surface area (Å²) in [6.07, 6.45) is 1.52. The number of hydrogen-bond acceptors (Lipinski definition) is 5. The van der Waals surface area contributed by atoms with Gasteiger partial charge in [0.1, 0.15) is 5.75 Å². The fraction of sp³-hybridized carbons (Fsp3) is 0.150. The van der Waals surface area contributed by atoms with E-state index in [2.05, 4.69) is 15.5 Å². The first-order valence-electron chi connectivity index (χ1n) is 8.31. The highest BCUT2D eigenvalue weighted by molar-refractivity contribution is 8.00. The number of nitrogens with zero attached hydrogens (tertiary/aromatic N) is 2. The second-order valence-corrected chi connectivity index (χ2v) is 7.73. The van der Waals surface area contributed by atoms with Crippen LogP contribution in [-0.4, -0.2) is 30.0 Å². The van der Waals surface area contributed by atoms with Crippen molar-refractivity contribution in [3.05, 3.63) is 63.8 Å². The summed E-state index contributed by atoms with van der Waals surface area (Å²) in [5.74, 6) is 0.747. The van der Waals surface area contributed by atoms with E-state index in [0.717, 1.165) is 32.8 Å². The monoisotopic (exact) mass is 433 g/mol. The van der Waals surface area contributed by atoms with Gasteiger partial charge >= 0.3 is 0 Å². The van der Waals surface area contributed by atoms with Crippen LogP contribution in [0.15, 0.2) is 52.5 Å². The van der Waals surface area contributed by atoms with Gasteiger partial charge in [-0.3, -0.25) is 9.78 Å². The number of methoxy groups -OCH3 is 1. The number of carbonyl (C=O) groups excluding carboxylic acids is 1. The van der Waals surface area contributed by atoms with Crippen LogP contribution >= 0.6 is 35.0 Å². The molecule has 3 aromatic rings. The normalized spacial score (nSPS) is 11.1. The van der Waals surface area contributed by atoms with Crippen LogP contribution in [0.4, 0.5) is 0 Å². The Morgan fingerprint density at radius 3 is 2.79 bits per heavy atom. The first-order chi connectivity index (χ1) is 13.5. The van der Waals surface area contributed by atoms with Gasteiger partial charge in [-0.15, -0.1) is 11.8 Å². The number of hydrogen-bond donors (Lipinski definition) is 1. The Morgan fingerprint density at radius 1 is 1.21 bits per heavy atom. The zero-order chi connectivity index (χ0) is 20.1. The smallest absolute Gasteiger partial charge is 0.250 e. The van der Waals surface area contributed by atoms with Crippen molar-refractivity contribution in [3.63, 3.8) is 0 Å². The van der Waals surface area contributed by atoms with Crippen LogP contribution in [0.3, 0.4) is 0 Å². The molecule has 0 bridgehead atoms. The van der Waals surface area contributed by atoms with Crippen LogP contribution in [0, 0.1) is 6.92 Å². The minimum absolute atomic E-state index is 0.216. The summed E-state index contributed by atoms with van der Waals surface area (Å²) in [7, 11) is 1.62. The number of thioether (sulfide) groups is 1. The van der Waals surface area contributed by atoms with Crippen LogP contribution in [0.5, 0.6) is 5.75 Å². The lowest BCUT2D eigenvalue weighted by atomic mass is 10.2.